The summed E-state index contributed by atoms with van der Waals surface area (Å²) in [4.78, 5) is 22.7. The van der Waals surface area contributed by atoms with Crippen LogP contribution in [0.1, 0.15) is 13.3 Å². The van der Waals surface area contributed by atoms with Crippen LogP contribution < -0.4 is 10.9 Å². The molecule has 1 heterocycles. The second kappa shape index (κ2) is 6.81. The molecule has 0 saturated heterocycles. The number of nitrogens with zero attached hydrogens (tertiary/aromatic N) is 1. The van der Waals surface area contributed by atoms with E-state index in [1.165, 1.54) is 6.07 Å². The van der Waals surface area contributed by atoms with Crippen LogP contribution in [-0.2, 0) is 9.53 Å². The largest absolute Gasteiger partial charge is 0.381 e. The second-order valence-electron chi connectivity index (χ2n) is 4.68. The molecule has 6 heteroatoms. The lowest BCUT2D eigenvalue weighted by Crippen LogP contribution is -2.18. The van der Waals surface area contributed by atoms with Crippen molar-refractivity contribution in [2.45, 2.75) is 19.4 Å². The molecular weight excluding hydrogens is 270 g/mol. The van der Waals surface area contributed by atoms with Crippen molar-refractivity contribution >= 4 is 11.6 Å². The number of aromatic amines is 1. The zero-order valence-electron chi connectivity index (χ0n) is 11.9. The highest BCUT2D eigenvalue weighted by molar-refractivity contribution is 5.91. The third kappa shape index (κ3) is 4.25. The van der Waals surface area contributed by atoms with Gasteiger partial charge in [-0.15, -0.1) is 0 Å². The molecule has 2 aromatic rings. The van der Waals surface area contributed by atoms with Crippen molar-refractivity contribution in [3.05, 3.63) is 46.8 Å². The molecule has 1 unspecified atom stereocenters. The van der Waals surface area contributed by atoms with Crippen LogP contribution in [0.4, 0.5) is 5.69 Å². The topological polar surface area (TPSA) is 84.1 Å². The first-order chi connectivity index (χ1) is 10.1. The van der Waals surface area contributed by atoms with Gasteiger partial charge in [-0.2, -0.15) is 5.10 Å². The molecule has 1 atom stereocenters. The van der Waals surface area contributed by atoms with Crippen LogP contribution in [0, 0.1) is 0 Å². The van der Waals surface area contributed by atoms with E-state index in [0.29, 0.717) is 17.8 Å². The average Bonchev–Trinajstić information content (AvgIpc) is 2.48. The number of benzene rings is 1. The van der Waals surface area contributed by atoms with E-state index in [1.54, 1.807) is 25.3 Å². The molecule has 0 bridgehead atoms. The molecule has 21 heavy (non-hydrogen) atoms. The summed E-state index contributed by atoms with van der Waals surface area (Å²) < 4.78 is 5.05. The van der Waals surface area contributed by atoms with E-state index in [2.05, 4.69) is 15.5 Å². The van der Waals surface area contributed by atoms with E-state index >= 15 is 0 Å². The zero-order chi connectivity index (χ0) is 15.2. The Kier molecular flexibility index (Phi) is 4.84. The number of carbonyl (C=O) groups excluding carboxylic acids is 1. The highest BCUT2D eigenvalue weighted by Crippen LogP contribution is 2.18. The molecule has 0 radical (unpaired) electrons. The van der Waals surface area contributed by atoms with Gasteiger partial charge in [-0.3, -0.25) is 9.59 Å². The Hall–Kier alpha value is -2.47. The van der Waals surface area contributed by atoms with Crippen LogP contribution in [0.2, 0.25) is 0 Å². The molecule has 1 aromatic carbocycles. The van der Waals surface area contributed by atoms with Crippen molar-refractivity contribution < 1.29 is 9.53 Å². The molecule has 6 nitrogen and oxygen atoms in total. The zero-order valence-corrected chi connectivity index (χ0v) is 11.9. The quantitative estimate of drug-likeness (QED) is 0.878. The smallest absolute Gasteiger partial charge is 0.264 e. The minimum atomic E-state index is -0.241. The first-order valence-electron chi connectivity index (χ1n) is 6.57. The van der Waals surface area contributed by atoms with E-state index < -0.39 is 0 Å². The van der Waals surface area contributed by atoms with Crippen LogP contribution in [0.5, 0.6) is 0 Å². The monoisotopic (exact) mass is 287 g/mol. The maximum absolute atomic E-state index is 11.7. The van der Waals surface area contributed by atoms with Gasteiger partial charge in [0.2, 0.25) is 5.91 Å². The number of ether oxygens (including phenoxy) is 1. The number of hydrogen-bond acceptors (Lipinski definition) is 4. The molecule has 0 spiro atoms. The van der Waals surface area contributed by atoms with E-state index in [4.69, 9.17) is 4.74 Å². The Labute approximate surface area is 122 Å². The molecule has 2 N–H and O–H groups in total. The maximum atomic E-state index is 11.7. The van der Waals surface area contributed by atoms with Gasteiger partial charge in [-0.1, -0.05) is 12.1 Å². The van der Waals surface area contributed by atoms with E-state index in [1.807, 2.05) is 19.1 Å². The van der Waals surface area contributed by atoms with Crippen LogP contribution in [0.25, 0.3) is 11.3 Å². The van der Waals surface area contributed by atoms with Gasteiger partial charge < -0.3 is 10.1 Å². The number of aromatic nitrogens is 2. The van der Waals surface area contributed by atoms with E-state index in [0.717, 1.165) is 5.56 Å². The Morgan fingerprint density at radius 3 is 2.57 bits per heavy atom. The predicted octanol–water partition coefficient (Wildman–Crippen LogP) is 1.80. The van der Waals surface area contributed by atoms with Gasteiger partial charge in [0.15, 0.2) is 0 Å². The molecular formula is C15H17N3O3. The number of H-pyrrole nitrogens is 1. The fourth-order valence-corrected chi connectivity index (χ4v) is 1.79. The first-order valence-corrected chi connectivity index (χ1v) is 6.57. The molecule has 110 valence electrons. The summed E-state index contributed by atoms with van der Waals surface area (Å²) in [5, 5.41) is 9.13. The summed E-state index contributed by atoms with van der Waals surface area (Å²) in [6.07, 6.45) is 0.189. The standard InChI is InChI=1S/C15H17N3O3/c1-10(21-2)9-15(20)16-12-5-3-11(4-6-12)13-7-8-14(19)18-17-13/h3-8,10H,9H2,1-2H3,(H,16,20)(H,18,19). The number of anilines is 1. The van der Waals surface area contributed by atoms with Crippen molar-refractivity contribution in [2.75, 3.05) is 12.4 Å². The Bertz CT molecular complexity index is 644. The van der Waals surface area contributed by atoms with Crippen molar-refractivity contribution in [1.29, 1.82) is 0 Å². The molecule has 1 aromatic heterocycles. The summed E-state index contributed by atoms with van der Waals surface area (Å²) in [6, 6.07) is 10.3. The minimum absolute atomic E-state index is 0.0979. The van der Waals surface area contributed by atoms with Gasteiger partial charge in [0.05, 0.1) is 18.2 Å². The van der Waals surface area contributed by atoms with Crippen molar-refractivity contribution in [3.63, 3.8) is 0 Å². The van der Waals surface area contributed by atoms with Gasteiger partial charge in [-0.05, 0) is 25.1 Å². The van der Waals surface area contributed by atoms with Gasteiger partial charge in [0.1, 0.15) is 0 Å². The number of nitrogens with one attached hydrogen (secondary N) is 2. The van der Waals surface area contributed by atoms with Crippen LogP contribution in [0.15, 0.2) is 41.2 Å². The maximum Gasteiger partial charge on any atom is 0.264 e. The average molecular weight is 287 g/mol. The van der Waals surface area contributed by atoms with Gasteiger partial charge in [-0.25, -0.2) is 5.10 Å². The van der Waals surface area contributed by atoms with Crippen LogP contribution in [-0.4, -0.2) is 29.3 Å². The van der Waals surface area contributed by atoms with Gasteiger partial charge in [0, 0.05) is 24.4 Å². The predicted molar refractivity (Wildman–Crippen MR) is 80.0 cm³/mol. The highest BCUT2D eigenvalue weighted by atomic mass is 16.5. The summed E-state index contributed by atoms with van der Waals surface area (Å²) in [5.74, 6) is -0.0979. The molecule has 2 rings (SSSR count). The first kappa shape index (κ1) is 14.9. The number of hydrogen-bond donors (Lipinski definition) is 2. The summed E-state index contributed by atoms with van der Waals surface area (Å²) in [6.45, 7) is 1.84. The molecule has 0 saturated carbocycles. The van der Waals surface area contributed by atoms with E-state index in [-0.39, 0.29) is 17.6 Å². The molecule has 0 aliphatic rings. The van der Waals surface area contributed by atoms with E-state index in [9.17, 15) is 9.59 Å². The minimum Gasteiger partial charge on any atom is -0.381 e. The van der Waals surface area contributed by atoms with Crippen molar-refractivity contribution in [3.8, 4) is 11.3 Å². The molecule has 1 amide bonds. The fraction of sp³-hybridized carbons (Fsp3) is 0.267. The van der Waals surface area contributed by atoms with Gasteiger partial charge >= 0.3 is 0 Å². The number of rotatable bonds is 5. The Morgan fingerprint density at radius 1 is 1.29 bits per heavy atom. The number of carbonyl (C=O) groups is 1. The van der Waals surface area contributed by atoms with Gasteiger partial charge in [0.25, 0.3) is 5.56 Å². The molecule has 0 fully saturated rings. The highest BCUT2D eigenvalue weighted by Gasteiger charge is 2.08. The second-order valence-corrected chi connectivity index (χ2v) is 4.68. The van der Waals surface area contributed by atoms with Crippen molar-refractivity contribution in [2.24, 2.45) is 0 Å². The van der Waals surface area contributed by atoms with Crippen molar-refractivity contribution in [1.82, 2.24) is 10.2 Å². The molecule has 0 aliphatic carbocycles. The lowest BCUT2D eigenvalue weighted by atomic mass is 10.1. The summed E-state index contributed by atoms with van der Waals surface area (Å²) in [5.41, 5.74) is 1.99. The molecule has 0 aliphatic heterocycles. The Balaban J connectivity index is 2.03. The number of methoxy groups -OCH3 is 1. The summed E-state index contributed by atoms with van der Waals surface area (Å²) >= 11 is 0. The normalized spacial score (nSPS) is 11.9. The lowest BCUT2D eigenvalue weighted by Gasteiger charge is -2.10. The Morgan fingerprint density at radius 2 is 2.00 bits per heavy atom. The fourth-order valence-electron chi connectivity index (χ4n) is 1.79. The summed E-state index contributed by atoms with van der Waals surface area (Å²) in [7, 11) is 1.57. The SMILES string of the molecule is COC(C)CC(=O)Nc1ccc(-c2ccc(=O)[nH]n2)cc1. The van der Waals surface area contributed by atoms with Crippen LogP contribution in [0.3, 0.4) is 0 Å². The number of amides is 1. The lowest BCUT2D eigenvalue weighted by molar-refractivity contribution is -0.118. The third-order valence-electron chi connectivity index (χ3n) is 3.02. The van der Waals surface area contributed by atoms with Crippen LogP contribution >= 0.6 is 0 Å². The third-order valence-corrected chi connectivity index (χ3v) is 3.02.